The number of anilines is 2. The zero-order valence-corrected chi connectivity index (χ0v) is 14.2. The third-order valence-corrected chi connectivity index (χ3v) is 5.49. The van der Waals surface area contributed by atoms with Crippen molar-refractivity contribution in [1.29, 1.82) is 0 Å². The van der Waals surface area contributed by atoms with Crippen LogP contribution in [0.2, 0.25) is 0 Å². The molecular weight excluding hydrogens is 282 g/mol. The molecule has 23 heavy (non-hydrogen) atoms. The predicted molar refractivity (Wildman–Crippen MR) is 98.4 cm³/mol. The van der Waals surface area contributed by atoms with Gasteiger partial charge in [-0.15, -0.1) is 0 Å². The SMILES string of the molecule is CC1CCN(c2cc(N3CCCCC3)c3ccccc3n2)CC1. The molecular formula is C20H27N3. The summed E-state index contributed by atoms with van der Waals surface area (Å²) >= 11 is 0. The van der Waals surface area contributed by atoms with E-state index in [-0.39, 0.29) is 0 Å². The third-order valence-electron chi connectivity index (χ3n) is 5.49. The first-order valence-electron chi connectivity index (χ1n) is 9.21. The number of fused-ring (bicyclic) bond motifs is 1. The maximum absolute atomic E-state index is 4.98. The Morgan fingerprint density at radius 2 is 1.65 bits per heavy atom. The molecule has 2 aliphatic heterocycles. The number of benzene rings is 1. The molecule has 0 amide bonds. The van der Waals surface area contributed by atoms with Crippen molar-refractivity contribution in [3.8, 4) is 0 Å². The lowest BCUT2D eigenvalue weighted by molar-refractivity contribution is 0.437. The Bertz CT molecular complexity index is 668. The normalized spacial score (nSPS) is 20.2. The highest BCUT2D eigenvalue weighted by Gasteiger charge is 2.20. The Kier molecular flexibility index (Phi) is 4.11. The molecule has 2 fully saturated rings. The Balaban J connectivity index is 1.74. The molecule has 4 rings (SSSR count). The average molecular weight is 309 g/mol. The molecule has 0 bridgehead atoms. The number of piperidine rings is 2. The fourth-order valence-electron chi connectivity index (χ4n) is 3.94. The Hall–Kier alpha value is -1.77. The second-order valence-corrected chi connectivity index (χ2v) is 7.23. The van der Waals surface area contributed by atoms with Crippen LogP contribution < -0.4 is 9.80 Å². The first-order chi connectivity index (χ1) is 11.3. The summed E-state index contributed by atoms with van der Waals surface area (Å²) in [6.07, 6.45) is 6.57. The van der Waals surface area contributed by atoms with Crippen molar-refractivity contribution in [3.63, 3.8) is 0 Å². The molecule has 2 saturated heterocycles. The molecule has 3 heterocycles. The number of nitrogens with zero attached hydrogens (tertiary/aromatic N) is 3. The van der Waals surface area contributed by atoms with Crippen LogP contribution in [-0.4, -0.2) is 31.2 Å². The first-order valence-corrected chi connectivity index (χ1v) is 9.21. The van der Waals surface area contributed by atoms with Crippen LogP contribution in [0.5, 0.6) is 0 Å². The fourth-order valence-corrected chi connectivity index (χ4v) is 3.94. The van der Waals surface area contributed by atoms with Crippen molar-refractivity contribution in [2.24, 2.45) is 5.92 Å². The van der Waals surface area contributed by atoms with Crippen molar-refractivity contribution in [2.75, 3.05) is 36.0 Å². The van der Waals surface area contributed by atoms with Crippen molar-refractivity contribution in [3.05, 3.63) is 30.3 Å². The lowest BCUT2D eigenvalue weighted by Crippen LogP contribution is -2.34. The molecule has 2 aromatic rings. The lowest BCUT2D eigenvalue weighted by Gasteiger charge is -2.34. The van der Waals surface area contributed by atoms with Crippen molar-refractivity contribution in [1.82, 2.24) is 4.98 Å². The molecule has 2 aliphatic rings. The standard InChI is InChI=1S/C20H27N3/c1-16-9-13-23(14-10-16)20-15-19(22-11-5-2-6-12-22)17-7-3-4-8-18(17)21-20/h3-4,7-8,15-16H,2,5-6,9-14H2,1H3. The highest BCUT2D eigenvalue weighted by atomic mass is 15.2. The quantitative estimate of drug-likeness (QED) is 0.816. The molecule has 0 atom stereocenters. The highest BCUT2D eigenvalue weighted by molar-refractivity contribution is 5.93. The van der Waals surface area contributed by atoms with Crippen LogP contribution in [-0.2, 0) is 0 Å². The molecule has 1 aromatic carbocycles. The van der Waals surface area contributed by atoms with Gasteiger partial charge in [0.1, 0.15) is 5.82 Å². The Morgan fingerprint density at radius 3 is 2.43 bits per heavy atom. The van der Waals surface area contributed by atoms with Gasteiger partial charge in [-0.3, -0.25) is 0 Å². The number of hydrogen-bond donors (Lipinski definition) is 0. The number of pyridine rings is 1. The van der Waals surface area contributed by atoms with E-state index < -0.39 is 0 Å². The Morgan fingerprint density at radius 1 is 0.913 bits per heavy atom. The second kappa shape index (κ2) is 6.38. The lowest BCUT2D eigenvalue weighted by atomic mass is 9.99. The molecule has 0 radical (unpaired) electrons. The number of rotatable bonds is 2. The molecule has 3 nitrogen and oxygen atoms in total. The molecule has 0 aliphatic carbocycles. The van der Waals surface area contributed by atoms with E-state index >= 15 is 0 Å². The van der Waals surface area contributed by atoms with E-state index in [1.165, 1.54) is 62.1 Å². The average Bonchev–Trinajstić information content (AvgIpc) is 2.62. The van der Waals surface area contributed by atoms with E-state index in [9.17, 15) is 0 Å². The van der Waals surface area contributed by atoms with E-state index in [0.717, 1.165) is 24.5 Å². The maximum Gasteiger partial charge on any atom is 0.131 e. The van der Waals surface area contributed by atoms with E-state index in [4.69, 9.17) is 4.98 Å². The summed E-state index contributed by atoms with van der Waals surface area (Å²) in [4.78, 5) is 10.0. The van der Waals surface area contributed by atoms with Gasteiger partial charge >= 0.3 is 0 Å². The van der Waals surface area contributed by atoms with Crippen LogP contribution in [0.4, 0.5) is 11.5 Å². The van der Waals surface area contributed by atoms with Gasteiger partial charge < -0.3 is 9.80 Å². The summed E-state index contributed by atoms with van der Waals surface area (Å²) in [6.45, 7) is 7.02. The minimum Gasteiger partial charge on any atom is -0.371 e. The molecule has 3 heteroatoms. The number of aromatic nitrogens is 1. The molecule has 0 saturated carbocycles. The largest absolute Gasteiger partial charge is 0.371 e. The van der Waals surface area contributed by atoms with Crippen molar-refractivity contribution < 1.29 is 0 Å². The van der Waals surface area contributed by atoms with Gasteiger partial charge in [0.25, 0.3) is 0 Å². The predicted octanol–water partition coefficient (Wildman–Crippen LogP) is 4.46. The number of para-hydroxylation sites is 1. The van der Waals surface area contributed by atoms with E-state index in [0.29, 0.717) is 0 Å². The van der Waals surface area contributed by atoms with Gasteiger partial charge in [0.2, 0.25) is 0 Å². The Labute approximate surface area is 139 Å². The minimum absolute atomic E-state index is 0.855. The molecule has 0 unspecified atom stereocenters. The molecule has 122 valence electrons. The summed E-state index contributed by atoms with van der Waals surface area (Å²) in [5.74, 6) is 2.03. The summed E-state index contributed by atoms with van der Waals surface area (Å²) in [6, 6.07) is 11.0. The van der Waals surface area contributed by atoms with Crippen LogP contribution in [0.3, 0.4) is 0 Å². The highest BCUT2D eigenvalue weighted by Crippen LogP contribution is 2.33. The maximum atomic E-state index is 4.98. The summed E-state index contributed by atoms with van der Waals surface area (Å²) < 4.78 is 0. The van der Waals surface area contributed by atoms with Gasteiger partial charge in [0, 0.05) is 43.3 Å². The second-order valence-electron chi connectivity index (χ2n) is 7.23. The molecule has 0 spiro atoms. The van der Waals surface area contributed by atoms with E-state index in [2.05, 4.69) is 47.1 Å². The summed E-state index contributed by atoms with van der Waals surface area (Å²) in [5, 5.41) is 1.31. The third kappa shape index (κ3) is 3.01. The summed E-state index contributed by atoms with van der Waals surface area (Å²) in [5.41, 5.74) is 2.54. The number of hydrogen-bond acceptors (Lipinski definition) is 3. The van der Waals surface area contributed by atoms with Crippen molar-refractivity contribution in [2.45, 2.75) is 39.0 Å². The van der Waals surface area contributed by atoms with Gasteiger partial charge in [0.05, 0.1) is 5.52 Å². The van der Waals surface area contributed by atoms with E-state index in [1.54, 1.807) is 0 Å². The van der Waals surface area contributed by atoms with Gasteiger partial charge in [-0.05, 0) is 44.1 Å². The zero-order chi connectivity index (χ0) is 15.6. The van der Waals surface area contributed by atoms with Gasteiger partial charge in [0.15, 0.2) is 0 Å². The fraction of sp³-hybridized carbons (Fsp3) is 0.550. The molecule has 1 aromatic heterocycles. The summed E-state index contributed by atoms with van der Waals surface area (Å²) in [7, 11) is 0. The smallest absolute Gasteiger partial charge is 0.131 e. The zero-order valence-electron chi connectivity index (χ0n) is 14.2. The van der Waals surface area contributed by atoms with Gasteiger partial charge in [-0.25, -0.2) is 4.98 Å². The van der Waals surface area contributed by atoms with Crippen LogP contribution in [0.15, 0.2) is 30.3 Å². The van der Waals surface area contributed by atoms with Gasteiger partial charge in [-0.1, -0.05) is 25.1 Å². The van der Waals surface area contributed by atoms with Gasteiger partial charge in [-0.2, -0.15) is 0 Å². The van der Waals surface area contributed by atoms with Crippen LogP contribution in [0.25, 0.3) is 10.9 Å². The first kappa shape index (κ1) is 14.8. The topological polar surface area (TPSA) is 19.4 Å². The van der Waals surface area contributed by atoms with Crippen LogP contribution in [0.1, 0.15) is 39.0 Å². The van der Waals surface area contributed by atoms with Crippen LogP contribution in [0, 0.1) is 5.92 Å². The van der Waals surface area contributed by atoms with Crippen LogP contribution >= 0.6 is 0 Å². The van der Waals surface area contributed by atoms with Crippen molar-refractivity contribution >= 4 is 22.4 Å². The van der Waals surface area contributed by atoms with E-state index in [1.807, 2.05) is 0 Å². The monoisotopic (exact) mass is 309 g/mol. The minimum atomic E-state index is 0.855. The molecule has 0 N–H and O–H groups in total.